The molecule has 0 spiro atoms. The Morgan fingerprint density at radius 3 is 2.57 bits per heavy atom. The van der Waals surface area contributed by atoms with E-state index in [4.69, 9.17) is 9.47 Å². The van der Waals surface area contributed by atoms with E-state index in [-0.39, 0.29) is 16.8 Å². The van der Waals surface area contributed by atoms with Crippen LogP contribution in [0.25, 0.3) is 0 Å². The maximum absolute atomic E-state index is 12.8. The van der Waals surface area contributed by atoms with Gasteiger partial charge >= 0.3 is 5.97 Å². The van der Waals surface area contributed by atoms with Crippen LogP contribution in [-0.4, -0.2) is 45.5 Å². The summed E-state index contributed by atoms with van der Waals surface area (Å²) in [4.78, 5) is 11.9. The molecular weight excluding hydrogens is 433 g/mol. The van der Waals surface area contributed by atoms with E-state index in [0.29, 0.717) is 38.3 Å². The SMILES string of the molecule is CCOC(=O)C1CCN(S(=O)(=O)c2cc(I)ccc2OC)CC1. The van der Waals surface area contributed by atoms with Crippen molar-refractivity contribution in [3.8, 4) is 5.75 Å². The molecule has 0 radical (unpaired) electrons. The lowest BCUT2D eigenvalue weighted by Gasteiger charge is -2.30. The average Bonchev–Trinajstić information content (AvgIpc) is 2.55. The number of hydrogen-bond donors (Lipinski definition) is 0. The van der Waals surface area contributed by atoms with Crippen LogP contribution in [0.3, 0.4) is 0 Å². The molecule has 1 heterocycles. The van der Waals surface area contributed by atoms with Crippen LogP contribution in [0.15, 0.2) is 23.1 Å². The molecule has 6 nitrogen and oxygen atoms in total. The minimum Gasteiger partial charge on any atom is -0.495 e. The van der Waals surface area contributed by atoms with Crippen molar-refractivity contribution >= 4 is 38.6 Å². The number of halogens is 1. The lowest BCUT2D eigenvalue weighted by atomic mass is 9.98. The summed E-state index contributed by atoms with van der Waals surface area (Å²) in [5.74, 6) is -0.131. The Labute approximate surface area is 150 Å². The minimum atomic E-state index is -3.64. The molecule has 1 aromatic carbocycles. The molecule has 8 heteroatoms. The van der Waals surface area contributed by atoms with Gasteiger partial charge in [0.05, 0.1) is 19.6 Å². The molecule has 1 aromatic rings. The Bertz CT molecular complexity index is 668. The van der Waals surface area contributed by atoms with Gasteiger partial charge in [-0.1, -0.05) is 0 Å². The van der Waals surface area contributed by atoms with Gasteiger partial charge in [0.2, 0.25) is 10.0 Å². The van der Waals surface area contributed by atoms with Crippen molar-refractivity contribution in [3.05, 3.63) is 21.8 Å². The number of nitrogens with zero attached hydrogens (tertiary/aromatic N) is 1. The number of benzene rings is 1. The highest BCUT2D eigenvalue weighted by Crippen LogP contribution is 2.31. The number of esters is 1. The molecule has 0 aromatic heterocycles. The van der Waals surface area contributed by atoms with Gasteiger partial charge in [0.1, 0.15) is 10.6 Å². The van der Waals surface area contributed by atoms with Crippen molar-refractivity contribution < 1.29 is 22.7 Å². The first-order valence-corrected chi connectivity index (χ1v) is 9.92. The molecular formula is C15H20INO5S. The van der Waals surface area contributed by atoms with Crippen LogP contribution in [0.1, 0.15) is 19.8 Å². The van der Waals surface area contributed by atoms with Crippen molar-refractivity contribution in [1.82, 2.24) is 4.31 Å². The van der Waals surface area contributed by atoms with E-state index < -0.39 is 10.0 Å². The molecule has 2 rings (SSSR count). The van der Waals surface area contributed by atoms with Gasteiger partial charge in [-0.15, -0.1) is 0 Å². The first-order chi connectivity index (χ1) is 10.9. The lowest BCUT2D eigenvalue weighted by Crippen LogP contribution is -2.40. The second-order valence-electron chi connectivity index (χ2n) is 5.23. The minimum absolute atomic E-state index is 0.168. The fraction of sp³-hybridized carbons (Fsp3) is 0.533. The topological polar surface area (TPSA) is 72.9 Å². The third kappa shape index (κ3) is 4.16. The quantitative estimate of drug-likeness (QED) is 0.506. The van der Waals surface area contributed by atoms with E-state index in [2.05, 4.69) is 22.6 Å². The van der Waals surface area contributed by atoms with E-state index in [1.165, 1.54) is 11.4 Å². The highest BCUT2D eigenvalue weighted by Gasteiger charge is 2.34. The third-order valence-electron chi connectivity index (χ3n) is 3.82. The first-order valence-electron chi connectivity index (χ1n) is 7.40. The Hall–Kier alpha value is -0.870. The van der Waals surface area contributed by atoms with Crippen molar-refractivity contribution in [1.29, 1.82) is 0 Å². The van der Waals surface area contributed by atoms with Crippen molar-refractivity contribution in [2.75, 3.05) is 26.8 Å². The number of rotatable bonds is 5. The number of methoxy groups -OCH3 is 1. The number of ether oxygens (including phenoxy) is 2. The van der Waals surface area contributed by atoms with E-state index in [1.807, 2.05) is 0 Å². The Kier molecular flexibility index (Phi) is 6.26. The molecule has 0 atom stereocenters. The van der Waals surface area contributed by atoms with Gasteiger partial charge in [0.25, 0.3) is 0 Å². The summed E-state index contributed by atoms with van der Waals surface area (Å²) >= 11 is 2.07. The number of hydrogen-bond acceptors (Lipinski definition) is 5. The third-order valence-corrected chi connectivity index (χ3v) is 6.41. The van der Waals surface area contributed by atoms with Crippen LogP contribution in [0.2, 0.25) is 0 Å². The van der Waals surface area contributed by atoms with Gasteiger partial charge < -0.3 is 9.47 Å². The van der Waals surface area contributed by atoms with Gasteiger partial charge in [-0.05, 0) is 60.6 Å². The monoisotopic (exact) mass is 453 g/mol. The van der Waals surface area contributed by atoms with E-state index in [1.54, 1.807) is 25.1 Å². The summed E-state index contributed by atoms with van der Waals surface area (Å²) in [6.07, 6.45) is 0.953. The van der Waals surface area contributed by atoms with E-state index >= 15 is 0 Å². The van der Waals surface area contributed by atoms with Gasteiger partial charge in [0, 0.05) is 16.7 Å². The molecule has 23 heavy (non-hydrogen) atoms. The number of carbonyl (C=O) groups excluding carboxylic acids is 1. The largest absolute Gasteiger partial charge is 0.495 e. The smallest absolute Gasteiger partial charge is 0.309 e. The zero-order chi connectivity index (χ0) is 17.0. The highest BCUT2D eigenvalue weighted by atomic mass is 127. The number of piperidine rings is 1. The van der Waals surface area contributed by atoms with Gasteiger partial charge in [-0.2, -0.15) is 4.31 Å². The summed E-state index contributed by atoms with van der Waals surface area (Å²) in [5, 5.41) is 0. The maximum Gasteiger partial charge on any atom is 0.309 e. The predicted molar refractivity (Wildman–Crippen MR) is 93.8 cm³/mol. The van der Waals surface area contributed by atoms with Crippen molar-refractivity contribution in [2.45, 2.75) is 24.7 Å². The van der Waals surface area contributed by atoms with Gasteiger partial charge in [-0.3, -0.25) is 4.79 Å². The zero-order valence-corrected chi connectivity index (χ0v) is 16.1. The number of carbonyl (C=O) groups is 1. The standard InChI is InChI=1S/C15H20INO5S/c1-3-22-15(18)11-6-8-17(9-7-11)23(19,20)14-10-12(16)4-5-13(14)21-2/h4-5,10-11H,3,6-9H2,1-2H3. The summed E-state index contributed by atoms with van der Waals surface area (Å²) in [6.45, 7) is 2.72. The average molecular weight is 453 g/mol. The first kappa shape index (κ1) is 18.5. The molecule has 0 unspecified atom stereocenters. The van der Waals surface area contributed by atoms with Gasteiger partial charge in [0.15, 0.2) is 0 Å². The molecule has 0 bridgehead atoms. The Morgan fingerprint density at radius 2 is 2.00 bits per heavy atom. The van der Waals surface area contributed by atoms with Crippen LogP contribution < -0.4 is 4.74 Å². The molecule has 0 aliphatic carbocycles. The maximum atomic E-state index is 12.8. The lowest BCUT2D eigenvalue weighted by molar-refractivity contribution is -0.149. The predicted octanol–water partition coefficient (Wildman–Crippen LogP) is 2.26. The second kappa shape index (κ2) is 7.80. The highest BCUT2D eigenvalue weighted by molar-refractivity contribution is 14.1. The molecule has 1 saturated heterocycles. The Balaban J connectivity index is 2.16. The summed E-state index contributed by atoms with van der Waals surface area (Å²) < 4.78 is 38.1. The molecule has 1 aliphatic rings. The summed E-state index contributed by atoms with van der Waals surface area (Å²) in [7, 11) is -2.18. The van der Waals surface area contributed by atoms with Crippen LogP contribution in [0.4, 0.5) is 0 Å². The molecule has 0 amide bonds. The Morgan fingerprint density at radius 1 is 1.35 bits per heavy atom. The zero-order valence-electron chi connectivity index (χ0n) is 13.1. The molecule has 1 aliphatic heterocycles. The van der Waals surface area contributed by atoms with Crippen LogP contribution in [0.5, 0.6) is 5.75 Å². The molecule has 0 N–H and O–H groups in total. The van der Waals surface area contributed by atoms with Crippen molar-refractivity contribution in [3.63, 3.8) is 0 Å². The summed E-state index contributed by atoms with van der Waals surface area (Å²) in [6, 6.07) is 5.05. The van der Waals surface area contributed by atoms with Gasteiger partial charge in [-0.25, -0.2) is 8.42 Å². The number of sulfonamides is 1. The summed E-state index contributed by atoms with van der Waals surface area (Å²) in [5.41, 5.74) is 0. The van der Waals surface area contributed by atoms with Crippen LogP contribution in [0, 0.1) is 9.49 Å². The van der Waals surface area contributed by atoms with Crippen LogP contribution >= 0.6 is 22.6 Å². The van der Waals surface area contributed by atoms with Crippen molar-refractivity contribution in [2.24, 2.45) is 5.92 Å². The fourth-order valence-corrected chi connectivity index (χ4v) is 4.94. The van der Waals surface area contributed by atoms with E-state index in [9.17, 15) is 13.2 Å². The normalized spacial score (nSPS) is 17.0. The molecule has 128 valence electrons. The molecule has 1 fully saturated rings. The van der Waals surface area contributed by atoms with E-state index in [0.717, 1.165) is 3.57 Å². The fourth-order valence-electron chi connectivity index (χ4n) is 2.58. The van der Waals surface area contributed by atoms with Crippen LogP contribution in [-0.2, 0) is 19.6 Å². The molecule has 0 saturated carbocycles. The second-order valence-corrected chi connectivity index (χ2v) is 8.38.